The van der Waals surface area contributed by atoms with Crippen molar-refractivity contribution in [3.63, 3.8) is 0 Å². The van der Waals surface area contributed by atoms with E-state index in [9.17, 15) is 18.8 Å². The van der Waals surface area contributed by atoms with Crippen molar-refractivity contribution in [2.45, 2.75) is 25.9 Å². The van der Waals surface area contributed by atoms with Gasteiger partial charge in [-0.2, -0.15) is 0 Å². The Morgan fingerprint density at radius 3 is 2.68 bits per heavy atom. The average Bonchev–Trinajstić information content (AvgIpc) is 2.97. The summed E-state index contributed by atoms with van der Waals surface area (Å²) in [6.45, 7) is 6.45. The van der Waals surface area contributed by atoms with Crippen molar-refractivity contribution < 1.29 is 32.6 Å². The van der Waals surface area contributed by atoms with Gasteiger partial charge < -0.3 is 23.5 Å². The van der Waals surface area contributed by atoms with Crippen molar-refractivity contribution in [1.29, 1.82) is 0 Å². The molecule has 2 aromatic carbocycles. The lowest BCUT2D eigenvalue weighted by Gasteiger charge is -2.33. The van der Waals surface area contributed by atoms with Gasteiger partial charge in [0.2, 0.25) is 0 Å². The van der Waals surface area contributed by atoms with E-state index in [0.29, 0.717) is 68.0 Å². The number of rotatable bonds is 8. The third-order valence-electron chi connectivity index (χ3n) is 7.42. The van der Waals surface area contributed by atoms with Gasteiger partial charge in [0.15, 0.2) is 6.10 Å². The van der Waals surface area contributed by atoms with E-state index < -0.39 is 17.5 Å². The molecule has 0 radical (unpaired) electrons. The minimum Gasteiger partial charge on any atom is -0.481 e. The first kappa shape index (κ1) is 29.0. The second kappa shape index (κ2) is 13.0. The van der Waals surface area contributed by atoms with E-state index in [1.54, 1.807) is 24.0 Å². The van der Waals surface area contributed by atoms with Gasteiger partial charge in [0, 0.05) is 61.4 Å². The predicted molar refractivity (Wildman–Crippen MR) is 150 cm³/mol. The number of carbonyl (C=O) groups is 2. The summed E-state index contributed by atoms with van der Waals surface area (Å²) < 4.78 is 35.7. The molecular formula is C30H32ClFN2O7. The van der Waals surface area contributed by atoms with Crippen LogP contribution in [0.2, 0.25) is 5.02 Å². The second-order valence-electron chi connectivity index (χ2n) is 10.3. The first-order chi connectivity index (χ1) is 19.8. The van der Waals surface area contributed by atoms with Crippen molar-refractivity contribution >= 4 is 34.4 Å². The van der Waals surface area contributed by atoms with E-state index in [4.69, 9.17) is 30.2 Å². The number of fused-ring (bicyclic) bond motifs is 1. The van der Waals surface area contributed by atoms with Crippen molar-refractivity contribution in [1.82, 2.24) is 9.80 Å². The number of nitrogens with zero attached hydrogens (tertiary/aromatic N) is 2. The molecule has 2 atom stereocenters. The van der Waals surface area contributed by atoms with Gasteiger partial charge in [-0.15, -0.1) is 0 Å². The summed E-state index contributed by atoms with van der Waals surface area (Å²) >= 11 is 6.24. The summed E-state index contributed by atoms with van der Waals surface area (Å²) in [5.41, 5.74) is 0.615. The van der Waals surface area contributed by atoms with Crippen LogP contribution in [0.4, 0.5) is 4.39 Å². The number of ether oxygens (including phenoxy) is 3. The van der Waals surface area contributed by atoms with Gasteiger partial charge in [-0.1, -0.05) is 11.6 Å². The van der Waals surface area contributed by atoms with Gasteiger partial charge in [0.05, 0.1) is 24.2 Å². The fourth-order valence-electron chi connectivity index (χ4n) is 5.25. The maximum Gasteiger partial charge on any atom is 0.336 e. The molecule has 218 valence electrons. The Kier molecular flexibility index (Phi) is 9.22. The van der Waals surface area contributed by atoms with E-state index in [1.807, 2.05) is 0 Å². The zero-order valence-corrected chi connectivity index (χ0v) is 23.5. The summed E-state index contributed by atoms with van der Waals surface area (Å²) in [7, 11) is 0. The summed E-state index contributed by atoms with van der Waals surface area (Å²) in [4.78, 5) is 42.1. The normalized spacial score (nSPS) is 18.7. The molecule has 9 nitrogen and oxygen atoms in total. The highest BCUT2D eigenvalue weighted by Gasteiger charge is 2.32. The van der Waals surface area contributed by atoms with Gasteiger partial charge in [0.25, 0.3) is 5.91 Å². The lowest BCUT2D eigenvalue weighted by Crippen LogP contribution is -2.47. The molecule has 1 amide bonds. The van der Waals surface area contributed by atoms with E-state index in [-0.39, 0.29) is 34.9 Å². The molecule has 2 aliphatic heterocycles. The highest BCUT2D eigenvalue weighted by molar-refractivity contribution is 6.33. The SMILES string of the molecule is C[C@@H](Oc1ccc2c(-c3ccc(F)cc3Cl)cc(=O)oc2c1)C(=O)N1CCC[C@H](C(=O)OCCN2CCOCC2)C1. The first-order valence-electron chi connectivity index (χ1n) is 13.7. The van der Waals surface area contributed by atoms with Crippen molar-refractivity contribution in [2.75, 3.05) is 52.5 Å². The Morgan fingerprint density at radius 1 is 1.10 bits per heavy atom. The monoisotopic (exact) mass is 586 g/mol. The minimum absolute atomic E-state index is 0.164. The molecule has 3 heterocycles. The second-order valence-corrected chi connectivity index (χ2v) is 10.7. The number of piperidine rings is 1. The van der Waals surface area contributed by atoms with Crippen LogP contribution in [0.15, 0.2) is 51.7 Å². The number of halogens is 2. The van der Waals surface area contributed by atoms with Crippen LogP contribution in [0.1, 0.15) is 19.8 Å². The average molecular weight is 587 g/mol. The summed E-state index contributed by atoms with van der Waals surface area (Å²) in [6, 6.07) is 10.1. The maximum atomic E-state index is 13.6. The number of benzene rings is 2. The van der Waals surface area contributed by atoms with Crippen LogP contribution in [0.5, 0.6) is 5.75 Å². The molecule has 0 aliphatic carbocycles. The van der Waals surface area contributed by atoms with Crippen molar-refractivity contribution in [3.05, 3.63) is 63.7 Å². The fourth-order valence-corrected chi connectivity index (χ4v) is 5.52. The summed E-state index contributed by atoms with van der Waals surface area (Å²) in [5, 5.41) is 0.743. The number of carbonyl (C=O) groups excluding carboxylic acids is 2. The van der Waals surface area contributed by atoms with Crippen LogP contribution in [0.3, 0.4) is 0 Å². The molecule has 5 rings (SSSR count). The molecule has 0 saturated carbocycles. The molecule has 0 unspecified atom stereocenters. The van der Waals surface area contributed by atoms with Gasteiger partial charge in [-0.05, 0) is 50.1 Å². The smallest absolute Gasteiger partial charge is 0.336 e. The standard InChI is InChI=1S/C30H32ClFN2O7/c1-19(29(36)34-8-2-3-20(18-34)30(37)39-14-11-33-9-12-38-13-10-33)40-22-5-7-24-25(17-28(35)41-27(24)16-22)23-6-4-21(32)15-26(23)31/h4-7,15-17,19-20H,2-3,8-14,18H2,1H3/t19-,20+/m1/s1. The van der Waals surface area contributed by atoms with E-state index in [2.05, 4.69) is 4.90 Å². The lowest BCUT2D eigenvalue weighted by atomic mass is 9.98. The largest absolute Gasteiger partial charge is 0.481 e. The number of morpholine rings is 1. The molecule has 2 saturated heterocycles. The zero-order chi connectivity index (χ0) is 28.9. The molecule has 11 heteroatoms. The molecule has 2 aliphatic rings. The maximum absolute atomic E-state index is 13.6. The van der Waals surface area contributed by atoms with E-state index in [1.165, 1.54) is 30.3 Å². The van der Waals surface area contributed by atoms with Crippen LogP contribution in [0, 0.1) is 11.7 Å². The lowest BCUT2D eigenvalue weighted by molar-refractivity contribution is -0.153. The van der Waals surface area contributed by atoms with E-state index in [0.717, 1.165) is 13.1 Å². The van der Waals surface area contributed by atoms with Crippen LogP contribution >= 0.6 is 11.6 Å². The highest BCUT2D eigenvalue weighted by atomic mass is 35.5. The van der Waals surface area contributed by atoms with Crippen LogP contribution < -0.4 is 10.4 Å². The Bertz CT molecular complexity index is 1470. The van der Waals surface area contributed by atoms with Crippen LogP contribution in [0.25, 0.3) is 22.1 Å². The third kappa shape index (κ3) is 7.06. The van der Waals surface area contributed by atoms with Gasteiger partial charge in [-0.3, -0.25) is 14.5 Å². The number of likely N-dealkylation sites (tertiary alicyclic amines) is 1. The van der Waals surface area contributed by atoms with Gasteiger partial charge in [-0.25, -0.2) is 9.18 Å². The topological polar surface area (TPSA) is 98.5 Å². The Labute approximate surface area is 241 Å². The van der Waals surface area contributed by atoms with Gasteiger partial charge in [0.1, 0.15) is 23.8 Å². The predicted octanol–water partition coefficient (Wildman–Crippen LogP) is 4.13. The molecule has 0 bridgehead atoms. The highest BCUT2D eigenvalue weighted by Crippen LogP contribution is 2.34. The van der Waals surface area contributed by atoms with Crippen molar-refractivity contribution in [3.8, 4) is 16.9 Å². The molecule has 1 aromatic heterocycles. The Balaban J connectivity index is 1.21. The van der Waals surface area contributed by atoms with Crippen LogP contribution in [-0.2, 0) is 19.1 Å². The Morgan fingerprint density at radius 2 is 1.90 bits per heavy atom. The minimum atomic E-state index is -0.843. The zero-order valence-electron chi connectivity index (χ0n) is 22.8. The van der Waals surface area contributed by atoms with Gasteiger partial charge >= 0.3 is 11.6 Å². The molecule has 0 N–H and O–H groups in total. The quantitative estimate of drug-likeness (QED) is 0.287. The number of esters is 1. The summed E-state index contributed by atoms with van der Waals surface area (Å²) in [6.07, 6.45) is 0.516. The number of hydrogen-bond acceptors (Lipinski definition) is 8. The Hall–Kier alpha value is -3.47. The summed E-state index contributed by atoms with van der Waals surface area (Å²) in [5.74, 6) is -1.06. The number of amides is 1. The number of hydrogen-bond donors (Lipinski definition) is 0. The van der Waals surface area contributed by atoms with Crippen LogP contribution in [-0.4, -0.2) is 80.3 Å². The van der Waals surface area contributed by atoms with Crippen molar-refractivity contribution in [2.24, 2.45) is 5.92 Å². The molecule has 41 heavy (non-hydrogen) atoms. The first-order valence-corrected chi connectivity index (χ1v) is 14.1. The molecule has 0 spiro atoms. The fraction of sp³-hybridized carbons (Fsp3) is 0.433. The third-order valence-corrected chi connectivity index (χ3v) is 7.73. The molecule has 3 aromatic rings. The van der Waals surface area contributed by atoms with E-state index >= 15 is 0 Å². The molecule has 2 fully saturated rings. The molecular weight excluding hydrogens is 555 g/mol.